The molecule has 2 heterocycles. The smallest absolute Gasteiger partial charge is 0.409 e. The van der Waals surface area contributed by atoms with E-state index in [1.165, 1.54) is 11.6 Å². The lowest BCUT2D eigenvalue weighted by molar-refractivity contribution is 0.0771. The van der Waals surface area contributed by atoms with Crippen molar-refractivity contribution in [1.29, 1.82) is 0 Å². The Bertz CT molecular complexity index is 907. The lowest BCUT2D eigenvalue weighted by Crippen LogP contribution is -2.34. The van der Waals surface area contributed by atoms with Gasteiger partial charge in [-0.05, 0) is 48.9 Å². The van der Waals surface area contributed by atoms with Gasteiger partial charge in [-0.3, -0.25) is 4.79 Å². The molecular formula is C23H26ClN3O3. The van der Waals surface area contributed by atoms with Crippen LogP contribution in [0.4, 0.5) is 4.79 Å². The molecule has 2 amide bonds. The highest BCUT2D eigenvalue weighted by Crippen LogP contribution is 2.33. The third-order valence-electron chi connectivity index (χ3n) is 6.02. The van der Waals surface area contributed by atoms with Crippen LogP contribution in [0.1, 0.15) is 22.3 Å². The minimum Gasteiger partial charge on any atom is -0.410 e. The van der Waals surface area contributed by atoms with Crippen molar-refractivity contribution in [2.45, 2.75) is 12.8 Å². The summed E-state index contributed by atoms with van der Waals surface area (Å²) in [5, 5.41) is 0.382. The summed E-state index contributed by atoms with van der Waals surface area (Å²) in [4.78, 5) is 28.6. The average molecular weight is 428 g/mol. The van der Waals surface area contributed by atoms with Gasteiger partial charge in [0.25, 0.3) is 5.91 Å². The summed E-state index contributed by atoms with van der Waals surface area (Å²) in [7, 11) is 0. The number of rotatable bonds is 6. The van der Waals surface area contributed by atoms with E-state index in [0.29, 0.717) is 22.4 Å². The maximum absolute atomic E-state index is 13.0. The zero-order valence-electron chi connectivity index (χ0n) is 16.8. The number of amides is 2. The monoisotopic (exact) mass is 427 g/mol. The van der Waals surface area contributed by atoms with Crippen molar-refractivity contribution in [2.24, 2.45) is 17.6 Å². The molecule has 2 N–H and O–H groups in total. The van der Waals surface area contributed by atoms with E-state index in [9.17, 15) is 9.59 Å². The standard InChI is InChI=1S/C23H26ClN3O3/c24-19-8-9-20(21(11-19)30-23(25)29)22(28)27-14-17-12-26(13-18(17)15-27)10-4-7-16-5-2-1-3-6-16/h1-3,5-6,8-9,11,17-18H,4,7,10,12-15H2,(H2,25,29)/t17-,18?/m0/s1. The molecule has 2 aliphatic rings. The van der Waals surface area contributed by atoms with Crippen molar-refractivity contribution in [3.05, 3.63) is 64.7 Å². The van der Waals surface area contributed by atoms with Gasteiger partial charge in [0.05, 0.1) is 5.56 Å². The molecule has 158 valence electrons. The summed E-state index contributed by atoms with van der Waals surface area (Å²) in [6.45, 7) is 4.57. The van der Waals surface area contributed by atoms with Gasteiger partial charge in [0, 0.05) is 37.3 Å². The molecule has 0 aromatic heterocycles. The number of hydrogen-bond acceptors (Lipinski definition) is 4. The quantitative estimate of drug-likeness (QED) is 0.766. The SMILES string of the molecule is NC(=O)Oc1cc(Cl)ccc1C(=O)N1CC2CN(CCCc3ccccc3)C[C@H]2C1. The van der Waals surface area contributed by atoms with Crippen molar-refractivity contribution < 1.29 is 14.3 Å². The molecule has 0 aliphatic carbocycles. The summed E-state index contributed by atoms with van der Waals surface area (Å²) >= 11 is 5.98. The summed E-state index contributed by atoms with van der Waals surface area (Å²) < 4.78 is 5.00. The van der Waals surface area contributed by atoms with Crippen LogP contribution in [0.3, 0.4) is 0 Å². The molecule has 0 spiro atoms. The van der Waals surface area contributed by atoms with Gasteiger partial charge in [-0.25, -0.2) is 4.79 Å². The Balaban J connectivity index is 1.31. The molecule has 4 rings (SSSR count). The molecule has 1 unspecified atom stereocenters. The van der Waals surface area contributed by atoms with Crippen LogP contribution in [-0.2, 0) is 6.42 Å². The second-order valence-electron chi connectivity index (χ2n) is 8.14. The number of primary amides is 1. The van der Waals surface area contributed by atoms with E-state index in [1.54, 1.807) is 12.1 Å². The Hall–Kier alpha value is -2.57. The molecule has 2 saturated heterocycles. The van der Waals surface area contributed by atoms with Crippen molar-refractivity contribution in [3.63, 3.8) is 0 Å². The van der Waals surface area contributed by atoms with Crippen LogP contribution >= 0.6 is 11.6 Å². The first kappa shape index (κ1) is 20.7. The Labute approximate surface area is 181 Å². The summed E-state index contributed by atoms with van der Waals surface area (Å²) in [5.41, 5.74) is 6.83. The van der Waals surface area contributed by atoms with E-state index >= 15 is 0 Å². The number of carbonyl (C=O) groups is 2. The van der Waals surface area contributed by atoms with Gasteiger partial charge in [0.2, 0.25) is 0 Å². The lowest BCUT2D eigenvalue weighted by Gasteiger charge is -2.22. The van der Waals surface area contributed by atoms with Gasteiger partial charge in [-0.2, -0.15) is 0 Å². The molecule has 6 nitrogen and oxygen atoms in total. The van der Waals surface area contributed by atoms with E-state index in [1.807, 2.05) is 11.0 Å². The van der Waals surface area contributed by atoms with Crippen molar-refractivity contribution in [1.82, 2.24) is 9.80 Å². The molecular weight excluding hydrogens is 402 g/mol. The number of aryl methyl sites for hydroxylation is 1. The minimum absolute atomic E-state index is 0.111. The Morgan fingerprint density at radius 2 is 1.73 bits per heavy atom. The number of halogens is 1. The number of nitrogens with two attached hydrogens (primary N) is 1. The van der Waals surface area contributed by atoms with E-state index < -0.39 is 6.09 Å². The number of hydrogen-bond donors (Lipinski definition) is 1. The summed E-state index contributed by atoms with van der Waals surface area (Å²) in [6, 6.07) is 15.2. The molecule has 7 heteroatoms. The van der Waals surface area contributed by atoms with Gasteiger partial charge in [0.15, 0.2) is 0 Å². The van der Waals surface area contributed by atoms with Gasteiger partial charge >= 0.3 is 6.09 Å². The fourth-order valence-corrected chi connectivity index (χ4v) is 4.79. The predicted molar refractivity (Wildman–Crippen MR) is 116 cm³/mol. The van der Waals surface area contributed by atoms with E-state index in [2.05, 4.69) is 29.2 Å². The van der Waals surface area contributed by atoms with Crippen molar-refractivity contribution in [3.8, 4) is 5.75 Å². The highest BCUT2D eigenvalue weighted by molar-refractivity contribution is 6.30. The number of likely N-dealkylation sites (tertiary alicyclic amines) is 2. The third kappa shape index (κ3) is 4.77. The molecule has 2 aromatic rings. The Kier molecular flexibility index (Phi) is 6.25. The molecule has 2 atom stereocenters. The number of benzene rings is 2. The molecule has 0 saturated carbocycles. The second-order valence-corrected chi connectivity index (χ2v) is 8.58. The van der Waals surface area contributed by atoms with Gasteiger partial charge in [0.1, 0.15) is 5.75 Å². The van der Waals surface area contributed by atoms with Gasteiger partial charge in [-0.15, -0.1) is 0 Å². The van der Waals surface area contributed by atoms with Crippen LogP contribution < -0.4 is 10.5 Å². The molecule has 2 aliphatic heterocycles. The van der Waals surface area contributed by atoms with Crippen LogP contribution in [0.5, 0.6) is 5.75 Å². The fourth-order valence-electron chi connectivity index (χ4n) is 4.63. The number of nitrogens with zero attached hydrogens (tertiary/aromatic N) is 2. The minimum atomic E-state index is -0.962. The Morgan fingerprint density at radius 3 is 2.40 bits per heavy atom. The normalized spacial score (nSPS) is 20.9. The van der Waals surface area contributed by atoms with Crippen LogP contribution in [0.15, 0.2) is 48.5 Å². The third-order valence-corrected chi connectivity index (χ3v) is 6.25. The summed E-state index contributed by atoms with van der Waals surface area (Å²) in [5.74, 6) is 0.935. The maximum atomic E-state index is 13.0. The fraction of sp³-hybridized carbons (Fsp3) is 0.391. The first-order valence-corrected chi connectivity index (χ1v) is 10.7. The lowest BCUT2D eigenvalue weighted by atomic mass is 10.0. The molecule has 30 heavy (non-hydrogen) atoms. The topological polar surface area (TPSA) is 75.9 Å². The average Bonchev–Trinajstić information content (AvgIpc) is 3.27. The Morgan fingerprint density at radius 1 is 1.03 bits per heavy atom. The number of carbonyl (C=O) groups excluding carboxylic acids is 2. The largest absolute Gasteiger partial charge is 0.410 e. The van der Waals surface area contributed by atoms with Gasteiger partial charge in [-0.1, -0.05) is 41.9 Å². The van der Waals surface area contributed by atoms with Gasteiger partial charge < -0.3 is 20.3 Å². The van der Waals surface area contributed by atoms with Crippen LogP contribution in [0, 0.1) is 11.8 Å². The highest BCUT2D eigenvalue weighted by atomic mass is 35.5. The van der Waals surface area contributed by atoms with E-state index in [0.717, 1.165) is 45.6 Å². The predicted octanol–water partition coefficient (Wildman–Crippen LogP) is 3.43. The van der Waals surface area contributed by atoms with E-state index in [-0.39, 0.29) is 11.7 Å². The summed E-state index contributed by atoms with van der Waals surface area (Å²) in [6.07, 6.45) is 1.28. The highest BCUT2D eigenvalue weighted by Gasteiger charge is 2.41. The van der Waals surface area contributed by atoms with Crippen LogP contribution in [0.2, 0.25) is 5.02 Å². The van der Waals surface area contributed by atoms with E-state index in [4.69, 9.17) is 22.1 Å². The molecule has 2 fully saturated rings. The zero-order chi connectivity index (χ0) is 21.1. The first-order chi connectivity index (χ1) is 14.5. The number of ether oxygens (including phenoxy) is 1. The van der Waals surface area contributed by atoms with Crippen molar-refractivity contribution >= 4 is 23.6 Å². The second kappa shape index (κ2) is 9.06. The zero-order valence-corrected chi connectivity index (χ0v) is 17.6. The molecule has 0 radical (unpaired) electrons. The van der Waals surface area contributed by atoms with Crippen molar-refractivity contribution in [2.75, 3.05) is 32.7 Å². The first-order valence-electron chi connectivity index (χ1n) is 10.3. The molecule has 2 aromatic carbocycles. The van der Waals surface area contributed by atoms with Crippen LogP contribution in [0.25, 0.3) is 0 Å². The molecule has 0 bridgehead atoms. The maximum Gasteiger partial charge on any atom is 0.409 e. The van der Waals surface area contributed by atoms with Crippen LogP contribution in [-0.4, -0.2) is 54.5 Å². The number of fused-ring (bicyclic) bond motifs is 1.